The van der Waals surface area contributed by atoms with E-state index in [0.29, 0.717) is 0 Å². The summed E-state index contributed by atoms with van der Waals surface area (Å²) >= 11 is 0. The number of likely N-dealkylation sites (N-methyl/N-ethyl adjacent to an activating group) is 1. The second-order valence-electron chi connectivity index (χ2n) is 6.33. The van der Waals surface area contributed by atoms with Crippen LogP contribution in [0.1, 0.15) is 29.9 Å². The lowest BCUT2D eigenvalue weighted by Crippen LogP contribution is -2.47. The van der Waals surface area contributed by atoms with Crippen LogP contribution in [0.25, 0.3) is 0 Å². The molecule has 0 bridgehead atoms. The summed E-state index contributed by atoms with van der Waals surface area (Å²) in [6, 6.07) is 20.7. The van der Waals surface area contributed by atoms with Crippen molar-refractivity contribution in [1.82, 2.24) is 4.90 Å². The lowest BCUT2D eigenvalue weighted by atomic mass is 9.78. The Morgan fingerprint density at radius 1 is 0.913 bits per heavy atom. The lowest BCUT2D eigenvalue weighted by Gasteiger charge is -2.42. The maximum Gasteiger partial charge on any atom is 0.302 e. The van der Waals surface area contributed by atoms with Crippen molar-refractivity contribution in [3.05, 3.63) is 71.8 Å². The molecule has 0 radical (unpaired) electrons. The molecule has 0 aromatic heterocycles. The number of rotatable bonds is 3. The first-order valence-electron chi connectivity index (χ1n) is 8.11. The summed E-state index contributed by atoms with van der Waals surface area (Å²) < 4.78 is 5.81. The van der Waals surface area contributed by atoms with Gasteiger partial charge in [0.25, 0.3) is 0 Å². The van der Waals surface area contributed by atoms with Crippen LogP contribution in [0.15, 0.2) is 60.7 Å². The zero-order chi connectivity index (χ0) is 16.2. The summed E-state index contributed by atoms with van der Waals surface area (Å²) in [4.78, 5) is 14.0. The summed E-state index contributed by atoms with van der Waals surface area (Å²) in [5.74, 6) is 0.162. The number of carbonyl (C=O) groups excluding carboxylic acids is 1. The number of nitrogens with zero attached hydrogens (tertiary/aromatic N) is 1. The standard InChI is InChI=1S/C20H23NO2/c1-15(22)23-20-18(16-9-5-3-6-10-16)13-21(2)14-19(20)17-11-7-4-8-12-17/h3-12,18-20H,13-14H2,1-2H3. The third-order valence-electron chi connectivity index (χ3n) is 4.57. The Bertz CT molecular complexity index is 592. The van der Waals surface area contributed by atoms with Gasteiger partial charge in [0.1, 0.15) is 6.10 Å². The second-order valence-corrected chi connectivity index (χ2v) is 6.33. The van der Waals surface area contributed by atoms with Gasteiger partial charge in [0.15, 0.2) is 0 Å². The zero-order valence-electron chi connectivity index (χ0n) is 13.7. The van der Waals surface area contributed by atoms with E-state index in [2.05, 4.69) is 36.2 Å². The molecule has 3 nitrogen and oxygen atoms in total. The number of carbonyl (C=O) groups is 1. The molecule has 1 saturated heterocycles. The smallest absolute Gasteiger partial charge is 0.302 e. The Kier molecular flexibility index (Phi) is 4.77. The molecule has 3 heteroatoms. The van der Waals surface area contributed by atoms with Crippen molar-refractivity contribution in [3.63, 3.8) is 0 Å². The van der Waals surface area contributed by atoms with E-state index >= 15 is 0 Å². The zero-order valence-corrected chi connectivity index (χ0v) is 13.7. The molecule has 2 atom stereocenters. The minimum atomic E-state index is -0.207. The largest absolute Gasteiger partial charge is 0.461 e. The van der Waals surface area contributed by atoms with E-state index in [1.807, 2.05) is 36.4 Å². The number of esters is 1. The Morgan fingerprint density at radius 2 is 1.35 bits per heavy atom. The molecule has 0 spiro atoms. The first-order chi connectivity index (χ1) is 11.1. The Morgan fingerprint density at radius 3 is 1.74 bits per heavy atom. The van der Waals surface area contributed by atoms with Crippen molar-refractivity contribution < 1.29 is 9.53 Å². The fourth-order valence-corrected chi connectivity index (χ4v) is 3.58. The Hall–Kier alpha value is -2.13. The highest BCUT2D eigenvalue weighted by Gasteiger charge is 2.39. The summed E-state index contributed by atoms with van der Waals surface area (Å²) in [5.41, 5.74) is 2.46. The number of benzene rings is 2. The molecule has 3 rings (SSSR count). The number of hydrogen-bond donors (Lipinski definition) is 0. The molecule has 23 heavy (non-hydrogen) atoms. The van der Waals surface area contributed by atoms with Gasteiger partial charge in [0.05, 0.1) is 0 Å². The van der Waals surface area contributed by atoms with E-state index in [4.69, 9.17) is 4.74 Å². The first kappa shape index (κ1) is 15.8. The van der Waals surface area contributed by atoms with Gasteiger partial charge in [0.2, 0.25) is 0 Å². The monoisotopic (exact) mass is 309 g/mol. The van der Waals surface area contributed by atoms with E-state index in [1.165, 1.54) is 18.1 Å². The van der Waals surface area contributed by atoms with E-state index in [9.17, 15) is 4.79 Å². The highest BCUT2D eigenvalue weighted by Crippen LogP contribution is 2.37. The van der Waals surface area contributed by atoms with Gasteiger partial charge < -0.3 is 9.64 Å². The highest BCUT2D eigenvalue weighted by molar-refractivity contribution is 5.66. The van der Waals surface area contributed by atoms with E-state index in [1.54, 1.807) is 0 Å². The summed E-state index contributed by atoms with van der Waals surface area (Å²) in [7, 11) is 2.13. The Balaban J connectivity index is 1.98. The van der Waals surface area contributed by atoms with Crippen LogP contribution in [0.5, 0.6) is 0 Å². The van der Waals surface area contributed by atoms with Gasteiger partial charge in [-0.3, -0.25) is 4.79 Å². The lowest BCUT2D eigenvalue weighted by molar-refractivity contribution is -0.151. The van der Waals surface area contributed by atoms with Crippen molar-refractivity contribution in [3.8, 4) is 0 Å². The van der Waals surface area contributed by atoms with Crippen LogP contribution >= 0.6 is 0 Å². The number of piperidine rings is 1. The molecular formula is C20H23NO2. The minimum Gasteiger partial charge on any atom is -0.461 e. The van der Waals surface area contributed by atoms with Gasteiger partial charge in [-0.2, -0.15) is 0 Å². The predicted octanol–water partition coefficient (Wildman–Crippen LogP) is 3.43. The van der Waals surface area contributed by atoms with E-state index < -0.39 is 0 Å². The Labute approximate surface area is 137 Å². The van der Waals surface area contributed by atoms with Gasteiger partial charge in [0, 0.05) is 31.8 Å². The van der Waals surface area contributed by atoms with Gasteiger partial charge in [-0.25, -0.2) is 0 Å². The van der Waals surface area contributed by atoms with Gasteiger partial charge in [-0.1, -0.05) is 60.7 Å². The number of hydrogen-bond acceptors (Lipinski definition) is 3. The molecule has 1 fully saturated rings. The number of likely N-dealkylation sites (tertiary alicyclic amines) is 1. The average molecular weight is 309 g/mol. The normalized spacial score (nSPS) is 25.0. The fraction of sp³-hybridized carbons (Fsp3) is 0.350. The summed E-state index contributed by atoms with van der Waals surface area (Å²) in [5, 5.41) is 0. The molecule has 2 aromatic rings. The van der Waals surface area contributed by atoms with E-state index in [-0.39, 0.29) is 23.9 Å². The third-order valence-corrected chi connectivity index (χ3v) is 4.57. The van der Waals surface area contributed by atoms with Gasteiger partial charge in [-0.15, -0.1) is 0 Å². The summed E-state index contributed by atoms with van der Waals surface area (Å²) in [6.45, 7) is 3.29. The molecule has 120 valence electrons. The van der Waals surface area contributed by atoms with Crippen LogP contribution in [0, 0.1) is 0 Å². The quantitative estimate of drug-likeness (QED) is 0.814. The molecule has 0 aliphatic carbocycles. The first-order valence-corrected chi connectivity index (χ1v) is 8.11. The van der Waals surface area contributed by atoms with Crippen molar-refractivity contribution in [2.24, 2.45) is 0 Å². The number of ether oxygens (including phenoxy) is 1. The second kappa shape index (κ2) is 6.97. The fourth-order valence-electron chi connectivity index (χ4n) is 3.58. The molecule has 1 aliphatic heterocycles. The van der Waals surface area contributed by atoms with Crippen molar-refractivity contribution in [2.75, 3.05) is 20.1 Å². The van der Waals surface area contributed by atoms with Gasteiger partial charge >= 0.3 is 5.97 Å². The molecular weight excluding hydrogens is 286 g/mol. The maximum absolute atomic E-state index is 11.7. The molecule has 2 aromatic carbocycles. The molecule has 1 aliphatic rings. The van der Waals surface area contributed by atoms with Crippen LogP contribution in [0.3, 0.4) is 0 Å². The minimum absolute atomic E-state index is 0.131. The van der Waals surface area contributed by atoms with Crippen LogP contribution in [0.2, 0.25) is 0 Å². The van der Waals surface area contributed by atoms with Crippen LogP contribution in [-0.2, 0) is 9.53 Å². The van der Waals surface area contributed by atoms with Crippen molar-refractivity contribution in [2.45, 2.75) is 24.9 Å². The molecule has 0 amide bonds. The SMILES string of the molecule is CC(=O)OC1C(c2ccccc2)CN(C)CC1c1ccccc1. The van der Waals surface area contributed by atoms with Crippen LogP contribution in [0.4, 0.5) is 0 Å². The van der Waals surface area contributed by atoms with Crippen LogP contribution in [-0.4, -0.2) is 37.1 Å². The topological polar surface area (TPSA) is 29.5 Å². The van der Waals surface area contributed by atoms with E-state index in [0.717, 1.165) is 13.1 Å². The molecule has 0 N–H and O–H groups in total. The summed E-state index contributed by atoms with van der Waals surface area (Å²) in [6.07, 6.45) is -0.131. The molecule has 0 saturated carbocycles. The highest BCUT2D eigenvalue weighted by atomic mass is 16.5. The van der Waals surface area contributed by atoms with Gasteiger partial charge in [-0.05, 0) is 18.2 Å². The molecule has 2 unspecified atom stereocenters. The predicted molar refractivity (Wildman–Crippen MR) is 91.4 cm³/mol. The maximum atomic E-state index is 11.7. The third kappa shape index (κ3) is 3.62. The molecule has 1 heterocycles. The van der Waals surface area contributed by atoms with Crippen molar-refractivity contribution >= 4 is 5.97 Å². The average Bonchev–Trinajstić information content (AvgIpc) is 2.57. The van der Waals surface area contributed by atoms with Crippen LogP contribution < -0.4 is 0 Å². The van der Waals surface area contributed by atoms with Crippen molar-refractivity contribution in [1.29, 1.82) is 0 Å².